The highest BCUT2D eigenvalue weighted by atomic mass is 35.5. The van der Waals surface area contributed by atoms with Crippen molar-refractivity contribution in [2.45, 2.75) is 19.3 Å². The van der Waals surface area contributed by atoms with E-state index in [4.69, 9.17) is 0 Å². The Morgan fingerprint density at radius 3 is 2.81 bits per heavy atom. The van der Waals surface area contributed by atoms with E-state index in [9.17, 15) is 4.79 Å². The first-order valence-corrected chi connectivity index (χ1v) is 7.86. The predicted molar refractivity (Wildman–Crippen MR) is 91.9 cm³/mol. The number of hydrogen-bond acceptors (Lipinski definition) is 5. The van der Waals surface area contributed by atoms with Crippen LogP contribution in [-0.2, 0) is 11.2 Å². The van der Waals surface area contributed by atoms with Gasteiger partial charge in [0.05, 0.1) is 11.2 Å². The van der Waals surface area contributed by atoms with E-state index in [1.807, 2.05) is 5.38 Å². The zero-order chi connectivity index (χ0) is 13.3. The topological polar surface area (TPSA) is 57.3 Å². The number of aromatic nitrogens is 1. The second-order valence-corrected chi connectivity index (χ2v) is 5.49. The number of aryl methyl sites for hydroxylation is 1. The van der Waals surface area contributed by atoms with Crippen molar-refractivity contribution < 1.29 is 4.79 Å². The van der Waals surface area contributed by atoms with E-state index in [0.29, 0.717) is 6.42 Å². The van der Waals surface area contributed by atoms with Crippen LogP contribution < -0.4 is 10.6 Å². The summed E-state index contributed by atoms with van der Waals surface area (Å²) in [6.45, 7) is 6.27. The standard InChI is InChI=1S/C13H22N4OS.2ClH/c18-13(3-2-12-10-19-11-16-12)15-4-1-7-17-8-5-14-6-9-17;;/h10-11,14H,1-9H2,(H,15,18);2*1H. The highest BCUT2D eigenvalue weighted by Crippen LogP contribution is 2.03. The summed E-state index contributed by atoms with van der Waals surface area (Å²) in [5, 5.41) is 8.31. The molecule has 0 bridgehead atoms. The van der Waals surface area contributed by atoms with Crippen molar-refractivity contribution >= 4 is 42.1 Å². The van der Waals surface area contributed by atoms with Gasteiger partial charge < -0.3 is 15.5 Å². The van der Waals surface area contributed by atoms with E-state index in [2.05, 4.69) is 20.5 Å². The smallest absolute Gasteiger partial charge is 0.220 e. The van der Waals surface area contributed by atoms with E-state index in [0.717, 1.165) is 57.8 Å². The summed E-state index contributed by atoms with van der Waals surface area (Å²) < 4.78 is 0. The zero-order valence-corrected chi connectivity index (χ0v) is 14.5. The quantitative estimate of drug-likeness (QED) is 0.725. The molecule has 2 heterocycles. The van der Waals surface area contributed by atoms with Crippen molar-refractivity contribution in [2.24, 2.45) is 0 Å². The summed E-state index contributed by atoms with van der Waals surface area (Å²) in [6, 6.07) is 0. The molecule has 1 fully saturated rings. The Bertz CT molecular complexity index is 372. The fraction of sp³-hybridized carbons (Fsp3) is 0.692. The molecule has 1 aromatic rings. The molecule has 0 aromatic carbocycles. The molecule has 2 rings (SSSR count). The molecule has 0 aliphatic carbocycles. The van der Waals surface area contributed by atoms with Gasteiger partial charge in [-0.15, -0.1) is 36.2 Å². The molecule has 1 amide bonds. The van der Waals surface area contributed by atoms with Gasteiger partial charge in [-0.2, -0.15) is 0 Å². The second-order valence-electron chi connectivity index (χ2n) is 4.77. The Morgan fingerprint density at radius 2 is 2.14 bits per heavy atom. The molecule has 0 spiro atoms. The number of amides is 1. The van der Waals surface area contributed by atoms with Gasteiger partial charge in [0.15, 0.2) is 0 Å². The molecular formula is C13H24Cl2N4OS. The first kappa shape index (κ1) is 20.6. The number of rotatable bonds is 7. The van der Waals surface area contributed by atoms with Crippen molar-refractivity contribution in [3.63, 3.8) is 0 Å². The van der Waals surface area contributed by atoms with Crippen LogP contribution in [0.25, 0.3) is 0 Å². The minimum Gasteiger partial charge on any atom is -0.356 e. The van der Waals surface area contributed by atoms with Gasteiger partial charge in [-0.1, -0.05) is 0 Å². The monoisotopic (exact) mass is 354 g/mol. The number of carbonyl (C=O) groups is 1. The average Bonchev–Trinajstić information content (AvgIpc) is 2.96. The molecule has 122 valence electrons. The van der Waals surface area contributed by atoms with Crippen molar-refractivity contribution in [3.05, 3.63) is 16.6 Å². The zero-order valence-electron chi connectivity index (χ0n) is 12.0. The van der Waals surface area contributed by atoms with Gasteiger partial charge in [0.1, 0.15) is 0 Å². The van der Waals surface area contributed by atoms with Crippen LogP contribution in [0.4, 0.5) is 0 Å². The minimum atomic E-state index is 0. The van der Waals surface area contributed by atoms with Gasteiger partial charge >= 0.3 is 0 Å². The van der Waals surface area contributed by atoms with Crippen LogP contribution in [0, 0.1) is 0 Å². The van der Waals surface area contributed by atoms with Crippen molar-refractivity contribution in [1.82, 2.24) is 20.5 Å². The third kappa shape index (κ3) is 8.58. The van der Waals surface area contributed by atoms with Crippen LogP contribution in [0.2, 0.25) is 0 Å². The maximum atomic E-state index is 11.6. The van der Waals surface area contributed by atoms with Crippen LogP contribution in [-0.4, -0.2) is 55.1 Å². The molecule has 0 atom stereocenters. The van der Waals surface area contributed by atoms with Crippen LogP contribution in [0.3, 0.4) is 0 Å². The molecular weight excluding hydrogens is 331 g/mol. The van der Waals surface area contributed by atoms with Crippen LogP contribution >= 0.6 is 36.2 Å². The van der Waals surface area contributed by atoms with E-state index in [1.54, 1.807) is 16.8 Å². The first-order chi connectivity index (χ1) is 9.34. The summed E-state index contributed by atoms with van der Waals surface area (Å²) in [4.78, 5) is 18.2. The Balaban J connectivity index is 0.00000200. The summed E-state index contributed by atoms with van der Waals surface area (Å²) >= 11 is 1.58. The molecule has 8 heteroatoms. The third-order valence-corrected chi connectivity index (χ3v) is 3.91. The Kier molecular flexibility index (Phi) is 11.9. The average molecular weight is 355 g/mol. The Hall–Kier alpha value is -0.400. The Morgan fingerprint density at radius 1 is 1.38 bits per heavy atom. The van der Waals surface area contributed by atoms with Crippen LogP contribution in [0.1, 0.15) is 18.5 Å². The molecule has 5 nitrogen and oxygen atoms in total. The number of piperazine rings is 1. The van der Waals surface area contributed by atoms with E-state index in [-0.39, 0.29) is 30.7 Å². The van der Waals surface area contributed by atoms with Gasteiger partial charge in [-0.25, -0.2) is 4.98 Å². The van der Waals surface area contributed by atoms with E-state index >= 15 is 0 Å². The fourth-order valence-electron chi connectivity index (χ4n) is 2.16. The predicted octanol–water partition coefficient (Wildman–Crippen LogP) is 1.33. The SMILES string of the molecule is Cl.Cl.O=C(CCc1cscn1)NCCCN1CCNCC1. The van der Waals surface area contributed by atoms with Crippen molar-refractivity contribution in [1.29, 1.82) is 0 Å². The molecule has 1 saturated heterocycles. The van der Waals surface area contributed by atoms with Gasteiger partial charge in [-0.05, 0) is 19.4 Å². The van der Waals surface area contributed by atoms with E-state index in [1.165, 1.54) is 0 Å². The lowest BCUT2D eigenvalue weighted by molar-refractivity contribution is -0.121. The number of thiazole rings is 1. The highest BCUT2D eigenvalue weighted by molar-refractivity contribution is 7.07. The molecule has 0 unspecified atom stereocenters. The normalized spacial score (nSPS) is 14.9. The number of hydrogen-bond donors (Lipinski definition) is 2. The third-order valence-electron chi connectivity index (χ3n) is 3.27. The van der Waals surface area contributed by atoms with Gasteiger partial charge in [0.25, 0.3) is 0 Å². The highest BCUT2D eigenvalue weighted by Gasteiger charge is 2.08. The Labute approximate surface area is 142 Å². The van der Waals surface area contributed by atoms with Crippen molar-refractivity contribution in [2.75, 3.05) is 39.3 Å². The lowest BCUT2D eigenvalue weighted by Gasteiger charge is -2.27. The van der Waals surface area contributed by atoms with E-state index < -0.39 is 0 Å². The molecule has 1 aliphatic heterocycles. The largest absolute Gasteiger partial charge is 0.356 e. The van der Waals surface area contributed by atoms with Gasteiger partial charge in [0.2, 0.25) is 5.91 Å². The summed E-state index contributed by atoms with van der Waals surface area (Å²) in [6.07, 6.45) is 2.31. The van der Waals surface area contributed by atoms with Crippen LogP contribution in [0.15, 0.2) is 10.9 Å². The molecule has 0 saturated carbocycles. The summed E-state index contributed by atoms with van der Waals surface area (Å²) in [7, 11) is 0. The number of carbonyl (C=O) groups excluding carboxylic acids is 1. The molecule has 0 radical (unpaired) electrons. The van der Waals surface area contributed by atoms with Crippen molar-refractivity contribution in [3.8, 4) is 0 Å². The number of nitrogens with one attached hydrogen (secondary N) is 2. The lowest BCUT2D eigenvalue weighted by Crippen LogP contribution is -2.44. The number of halogens is 2. The number of nitrogens with zero attached hydrogens (tertiary/aromatic N) is 2. The van der Waals surface area contributed by atoms with Crippen LogP contribution in [0.5, 0.6) is 0 Å². The maximum Gasteiger partial charge on any atom is 0.220 e. The minimum absolute atomic E-state index is 0. The maximum absolute atomic E-state index is 11.6. The summed E-state index contributed by atoms with van der Waals surface area (Å²) in [5.74, 6) is 0.133. The first-order valence-electron chi connectivity index (χ1n) is 6.91. The molecule has 1 aromatic heterocycles. The summed E-state index contributed by atoms with van der Waals surface area (Å²) in [5.41, 5.74) is 2.82. The molecule has 1 aliphatic rings. The van der Waals surface area contributed by atoms with Gasteiger partial charge in [-0.3, -0.25) is 4.79 Å². The molecule has 2 N–H and O–H groups in total. The fourth-order valence-corrected chi connectivity index (χ4v) is 2.75. The second kappa shape index (κ2) is 12.2. The lowest BCUT2D eigenvalue weighted by atomic mass is 10.2. The molecule has 21 heavy (non-hydrogen) atoms. The van der Waals surface area contributed by atoms with Gasteiger partial charge in [0, 0.05) is 44.5 Å².